The Labute approximate surface area is 111 Å². The highest BCUT2D eigenvalue weighted by atomic mass is 16.4. The van der Waals surface area contributed by atoms with Gasteiger partial charge < -0.3 is 15.1 Å². The summed E-state index contributed by atoms with van der Waals surface area (Å²) in [7, 11) is 0. The van der Waals surface area contributed by atoms with Crippen molar-refractivity contribution >= 4 is 12.1 Å². The van der Waals surface area contributed by atoms with Crippen molar-refractivity contribution in [3.63, 3.8) is 0 Å². The van der Waals surface area contributed by atoms with Gasteiger partial charge in [0.1, 0.15) is 0 Å². The SMILES string of the molecule is Cc1ccc([C@H]2CCCN(C(=O)O)C2)cc1C(=O)O. The predicted octanol–water partition coefficient (Wildman–Crippen LogP) is 2.55. The van der Waals surface area contributed by atoms with Crippen molar-refractivity contribution < 1.29 is 19.8 Å². The Hall–Kier alpha value is -2.04. The predicted molar refractivity (Wildman–Crippen MR) is 69.7 cm³/mol. The maximum Gasteiger partial charge on any atom is 0.407 e. The van der Waals surface area contributed by atoms with E-state index >= 15 is 0 Å². The molecule has 0 bridgehead atoms. The molecule has 1 aromatic rings. The molecule has 0 aromatic heterocycles. The molecule has 5 heteroatoms. The van der Waals surface area contributed by atoms with Gasteiger partial charge in [-0.25, -0.2) is 9.59 Å². The third kappa shape index (κ3) is 2.86. The van der Waals surface area contributed by atoms with E-state index in [4.69, 9.17) is 10.2 Å². The summed E-state index contributed by atoms with van der Waals surface area (Å²) in [5.74, 6) is -0.853. The minimum atomic E-state index is -0.940. The van der Waals surface area contributed by atoms with E-state index in [0.717, 1.165) is 24.0 Å². The largest absolute Gasteiger partial charge is 0.478 e. The van der Waals surface area contributed by atoms with Crippen LogP contribution in [0.15, 0.2) is 18.2 Å². The van der Waals surface area contributed by atoms with Crippen molar-refractivity contribution in [1.82, 2.24) is 4.90 Å². The number of nitrogens with zero attached hydrogens (tertiary/aromatic N) is 1. The Morgan fingerprint density at radius 2 is 2.05 bits per heavy atom. The summed E-state index contributed by atoms with van der Waals surface area (Å²) in [5, 5.41) is 18.1. The number of piperidine rings is 1. The summed E-state index contributed by atoms with van der Waals surface area (Å²) >= 11 is 0. The van der Waals surface area contributed by atoms with Crippen LogP contribution >= 0.6 is 0 Å². The van der Waals surface area contributed by atoms with E-state index in [0.29, 0.717) is 18.7 Å². The average Bonchev–Trinajstić information content (AvgIpc) is 2.39. The number of hydrogen-bond donors (Lipinski definition) is 2. The summed E-state index contributed by atoms with van der Waals surface area (Å²) in [4.78, 5) is 23.5. The highest BCUT2D eigenvalue weighted by molar-refractivity contribution is 5.89. The first-order chi connectivity index (χ1) is 8.99. The molecule has 1 aliphatic heterocycles. The Morgan fingerprint density at radius 3 is 2.68 bits per heavy atom. The van der Waals surface area contributed by atoms with Crippen molar-refractivity contribution in [3.05, 3.63) is 34.9 Å². The van der Waals surface area contributed by atoms with Crippen LogP contribution in [0.3, 0.4) is 0 Å². The lowest BCUT2D eigenvalue weighted by Gasteiger charge is -2.31. The van der Waals surface area contributed by atoms with E-state index < -0.39 is 12.1 Å². The minimum Gasteiger partial charge on any atom is -0.478 e. The van der Waals surface area contributed by atoms with Gasteiger partial charge in [-0.1, -0.05) is 12.1 Å². The van der Waals surface area contributed by atoms with E-state index in [1.807, 2.05) is 6.07 Å². The summed E-state index contributed by atoms with van der Waals surface area (Å²) in [6.45, 7) is 2.76. The van der Waals surface area contributed by atoms with Gasteiger partial charge in [0.15, 0.2) is 0 Å². The molecule has 1 aromatic carbocycles. The number of amides is 1. The van der Waals surface area contributed by atoms with Gasteiger partial charge in [0.25, 0.3) is 0 Å². The van der Waals surface area contributed by atoms with E-state index in [1.54, 1.807) is 19.1 Å². The molecule has 0 spiro atoms. The molecule has 0 unspecified atom stereocenters. The molecule has 0 aliphatic carbocycles. The maximum absolute atomic E-state index is 11.1. The molecule has 1 amide bonds. The first-order valence-corrected chi connectivity index (χ1v) is 6.30. The standard InChI is InChI=1S/C14H17NO4/c1-9-4-5-10(7-12(9)13(16)17)11-3-2-6-15(8-11)14(18)19/h4-5,7,11H,2-3,6,8H2,1H3,(H,16,17)(H,18,19)/t11-/m0/s1. The number of aryl methyl sites for hydroxylation is 1. The molecule has 102 valence electrons. The summed E-state index contributed by atoms with van der Waals surface area (Å²) < 4.78 is 0. The molecular formula is C14H17NO4. The molecule has 0 saturated carbocycles. The molecule has 1 heterocycles. The second-order valence-corrected chi connectivity index (χ2v) is 4.95. The van der Waals surface area contributed by atoms with Crippen LogP contribution in [0.4, 0.5) is 4.79 Å². The van der Waals surface area contributed by atoms with Crippen LogP contribution in [-0.2, 0) is 0 Å². The van der Waals surface area contributed by atoms with Gasteiger partial charge in [-0.2, -0.15) is 0 Å². The fourth-order valence-corrected chi connectivity index (χ4v) is 2.55. The van der Waals surface area contributed by atoms with E-state index in [2.05, 4.69) is 0 Å². The molecule has 1 atom stereocenters. The number of rotatable bonds is 2. The van der Waals surface area contributed by atoms with E-state index in [-0.39, 0.29) is 5.92 Å². The zero-order chi connectivity index (χ0) is 14.0. The lowest BCUT2D eigenvalue weighted by molar-refractivity contribution is 0.0695. The first-order valence-electron chi connectivity index (χ1n) is 6.30. The Bertz CT molecular complexity index is 512. The monoisotopic (exact) mass is 263 g/mol. The summed E-state index contributed by atoms with van der Waals surface area (Å²) in [6.07, 6.45) is 0.800. The normalized spacial score (nSPS) is 19.2. The number of benzene rings is 1. The van der Waals surface area contributed by atoms with Crippen molar-refractivity contribution in [2.75, 3.05) is 13.1 Å². The van der Waals surface area contributed by atoms with Gasteiger partial charge in [-0.3, -0.25) is 0 Å². The van der Waals surface area contributed by atoms with Gasteiger partial charge in [-0.05, 0) is 37.0 Å². The number of carboxylic acids is 1. The zero-order valence-electron chi connectivity index (χ0n) is 10.8. The maximum atomic E-state index is 11.1. The molecule has 2 N–H and O–H groups in total. The molecule has 1 aliphatic rings. The Balaban J connectivity index is 2.24. The van der Waals surface area contributed by atoms with E-state index in [9.17, 15) is 9.59 Å². The third-order valence-corrected chi connectivity index (χ3v) is 3.66. The first kappa shape index (κ1) is 13.4. The smallest absolute Gasteiger partial charge is 0.407 e. The van der Waals surface area contributed by atoms with Crippen LogP contribution in [0.2, 0.25) is 0 Å². The second-order valence-electron chi connectivity index (χ2n) is 4.95. The van der Waals surface area contributed by atoms with Crippen molar-refractivity contribution in [2.45, 2.75) is 25.7 Å². The van der Waals surface area contributed by atoms with E-state index in [1.165, 1.54) is 4.90 Å². The number of hydrogen-bond acceptors (Lipinski definition) is 2. The fourth-order valence-electron chi connectivity index (χ4n) is 2.55. The molecule has 19 heavy (non-hydrogen) atoms. The highest BCUT2D eigenvalue weighted by Gasteiger charge is 2.25. The number of carbonyl (C=O) groups is 2. The lowest BCUT2D eigenvalue weighted by atomic mass is 9.89. The molecule has 1 fully saturated rings. The van der Waals surface area contributed by atoms with Gasteiger partial charge in [0.2, 0.25) is 0 Å². The van der Waals surface area contributed by atoms with Crippen molar-refractivity contribution in [3.8, 4) is 0 Å². The van der Waals surface area contributed by atoms with Crippen molar-refractivity contribution in [1.29, 1.82) is 0 Å². The molecule has 5 nitrogen and oxygen atoms in total. The number of aromatic carboxylic acids is 1. The molecular weight excluding hydrogens is 246 g/mol. The fraction of sp³-hybridized carbons (Fsp3) is 0.429. The summed E-state index contributed by atoms with van der Waals surface area (Å²) in [5.41, 5.74) is 1.93. The quantitative estimate of drug-likeness (QED) is 0.859. The van der Waals surface area contributed by atoms with Crippen LogP contribution in [0, 0.1) is 6.92 Å². The van der Waals surface area contributed by atoms with Gasteiger partial charge in [0, 0.05) is 19.0 Å². The number of carboxylic acid groups (broad SMARTS) is 2. The zero-order valence-corrected chi connectivity index (χ0v) is 10.8. The molecule has 2 rings (SSSR count). The van der Waals surface area contributed by atoms with Gasteiger partial charge in [-0.15, -0.1) is 0 Å². The van der Waals surface area contributed by atoms with Crippen molar-refractivity contribution in [2.24, 2.45) is 0 Å². The molecule has 1 saturated heterocycles. The third-order valence-electron chi connectivity index (χ3n) is 3.66. The summed E-state index contributed by atoms with van der Waals surface area (Å²) in [6, 6.07) is 5.37. The van der Waals surface area contributed by atoms with Crippen LogP contribution < -0.4 is 0 Å². The molecule has 0 radical (unpaired) electrons. The highest BCUT2D eigenvalue weighted by Crippen LogP contribution is 2.28. The Morgan fingerprint density at radius 1 is 1.32 bits per heavy atom. The van der Waals surface area contributed by atoms with Gasteiger partial charge >= 0.3 is 12.1 Å². The Kier molecular flexibility index (Phi) is 3.74. The number of likely N-dealkylation sites (tertiary alicyclic amines) is 1. The lowest BCUT2D eigenvalue weighted by Crippen LogP contribution is -2.38. The van der Waals surface area contributed by atoms with Crippen LogP contribution in [-0.4, -0.2) is 40.3 Å². The van der Waals surface area contributed by atoms with Crippen LogP contribution in [0.1, 0.15) is 40.2 Å². The average molecular weight is 263 g/mol. The minimum absolute atomic E-state index is 0.0866. The van der Waals surface area contributed by atoms with Crippen LogP contribution in [0.5, 0.6) is 0 Å². The second kappa shape index (κ2) is 5.30. The van der Waals surface area contributed by atoms with Crippen LogP contribution in [0.25, 0.3) is 0 Å². The van der Waals surface area contributed by atoms with Gasteiger partial charge in [0.05, 0.1) is 5.56 Å². The topological polar surface area (TPSA) is 77.8 Å².